The second kappa shape index (κ2) is 6.09. The predicted molar refractivity (Wildman–Crippen MR) is 96.8 cm³/mol. The molecule has 0 aromatic heterocycles. The SMILES string of the molecule is COC(=O)[C@]1(C)CCC[C@]2(C)[C@@H]3C[C@H](O)C(C(C)C)=C[C@@]3(O)CC[C@@H]21. The zero-order valence-electron chi connectivity index (χ0n) is 16.3. The Balaban J connectivity index is 2.02. The number of hydrogen-bond donors (Lipinski definition) is 2. The highest BCUT2D eigenvalue weighted by atomic mass is 16.5. The van der Waals surface area contributed by atoms with Gasteiger partial charge in [0, 0.05) is 0 Å². The van der Waals surface area contributed by atoms with Gasteiger partial charge >= 0.3 is 5.97 Å². The first kappa shape index (κ1) is 18.9. The van der Waals surface area contributed by atoms with Crippen molar-refractivity contribution in [3.05, 3.63) is 11.6 Å². The Kier molecular flexibility index (Phi) is 4.61. The first-order chi connectivity index (χ1) is 11.6. The molecular weight excluding hydrogens is 316 g/mol. The van der Waals surface area contributed by atoms with Gasteiger partial charge in [-0.25, -0.2) is 0 Å². The smallest absolute Gasteiger partial charge is 0.311 e. The van der Waals surface area contributed by atoms with E-state index in [2.05, 4.69) is 20.8 Å². The maximum absolute atomic E-state index is 12.6. The minimum atomic E-state index is -0.863. The third kappa shape index (κ3) is 2.68. The van der Waals surface area contributed by atoms with Crippen LogP contribution in [0.15, 0.2) is 11.6 Å². The highest BCUT2D eigenvalue weighted by Crippen LogP contribution is 2.64. The van der Waals surface area contributed by atoms with Gasteiger partial charge in [0.15, 0.2) is 0 Å². The number of fused-ring (bicyclic) bond motifs is 3. The Bertz CT molecular complexity index is 582. The van der Waals surface area contributed by atoms with E-state index < -0.39 is 17.1 Å². The number of rotatable bonds is 2. The molecule has 0 radical (unpaired) electrons. The summed E-state index contributed by atoms with van der Waals surface area (Å²) < 4.78 is 5.15. The molecule has 4 nitrogen and oxygen atoms in total. The van der Waals surface area contributed by atoms with Crippen LogP contribution in [-0.4, -0.2) is 35.0 Å². The van der Waals surface area contributed by atoms with Crippen molar-refractivity contribution in [2.45, 2.75) is 77.9 Å². The summed E-state index contributed by atoms with van der Waals surface area (Å²) in [5, 5.41) is 22.2. The lowest BCUT2D eigenvalue weighted by atomic mass is 9.43. The van der Waals surface area contributed by atoms with Crippen LogP contribution in [0.2, 0.25) is 0 Å². The number of carbonyl (C=O) groups is 1. The fourth-order valence-corrected chi connectivity index (χ4v) is 6.52. The standard InChI is InChI=1S/C21H34O4/c1-13(2)14-12-21(24)10-7-16-19(3,17(21)11-15(14)22)8-6-9-20(16,4)18(23)25-5/h12-13,15-17,22,24H,6-11H2,1-5H3/t15-,16-,17-,19-,20+,21-/m0/s1. The van der Waals surface area contributed by atoms with Gasteiger partial charge in [-0.15, -0.1) is 0 Å². The monoisotopic (exact) mass is 350 g/mol. The van der Waals surface area contributed by atoms with Crippen LogP contribution in [-0.2, 0) is 9.53 Å². The predicted octanol–water partition coefficient (Wildman–Crippen LogP) is 3.46. The number of hydrogen-bond acceptors (Lipinski definition) is 4. The Labute approximate surface area is 151 Å². The summed E-state index contributed by atoms with van der Waals surface area (Å²) in [6.07, 6.45) is 6.34. The van der Waals surface area contributed by atoms with Crippen LogP contribution in [0.25, 0.3) is 0 Å². The van der Waals surface area contributed by atoms with Crippen LogP contribution in [0, 0.1) is 28.6 Å². The fraction of sp³-hybridized carbons (Fsp3) is 0.857. The molecular formula is C21H34O4. The zero-order chi connectivity index (χ0) is 18.6. The molecule has 2 saturated carbocycles. The molecule has 0 heterocycles. The molecule has 0 saturated heterocycles. The molecule has 0 amide bonds. The molecule has 3 rings (SSSR count). The van der Waals surface area contributed by atoms with Crippen molar-refractivity contribution >= 4 is 5.97 Å². The topological polar surface area (TPSA) is 66.8 Å². The van der Waals surface area contributed by atoms with E-state index in [4.69, 9.17) is 4.74 Å². The lowest BCUT2D eigenvalue weighted by Crippen LogP contribution is -2.62. The molecule has 142 valence electrons. The number of ether oxygens (including phenoxy) is 1. The van der Waals surface area contributed by atoms with Crippen molar-refractivity contribution in [2.24, 2.45) is 28.6 Å². The van der Waals surface area contributed by atoms with E-state index in [1.54, 1.807) is 0 Å². The van der Waals surface area contributed by atoms with Crippen LogP contribution in [0.5, 0.6) is 0 Å². The van der Waals surface area contributed by atoms with Crippen molar-refractivity contribution in [3.8, 4) is 0 Å². The molecule has 2 N–H and O–H groups in total. The van der Waals surface area contributed by atoms with Gasteiger partial charge in [-0.05, 0) is 67.8 Å². The quantitative estimate of drug-likeness (QED) is 0.591. The number of carbonyl (C=O) groups excluding carboxylic acids is 1. The fourth-order valence-electron chi connectivity index (χ4n) is 6.52. The Hall–Kier alpha value is -0.870. The number of methoxy groups -OCH3 is 1. The van der Waals surface area contributed by atoms with Gasteiger partial charge in [0.25, 0.3) is 0 Å². The summed E-state index contributed by atoms with van der Waals surface area (Å²) in [6.45, 7) is 8.41. The lowest BCUT2D eigenvalue weighted by Gasteiger charge is -2.62. The third-order valence-electron chi connectivity index (χ3n) is 7.79. The molecule has 6 atom stereocenters. The molecule has 0 bridgehead atoms. The highest BCUT2D eigenvalue weighted by Gasteiger charge is 2.63. The first-order valence-electron chi connectivity index (χ1n) is 9.80. The van der Waals surface area contributed by atoms with E-state index in [-0.39, 0.29) is 29.1 Å². The van der Waals surface area contributed by atoms with Gasteiger partial charge in [0.05, 0.1) is 24.2 Å². The second-order valence-corrected chi connectivity index (χ2v) is 9.45. The largest absolute Gasteiger partial charge is 0.469 e. The van der Waals surface area contributed by atoms with E-state index in [0.29, 0.717) is 12.8 Å². The average molecular weight is 350 g/mol. The average Bonchev–Trinajstić information content (AvgIpc) is 2.54. The van der Waals surface area contributed by atoms with Gasteiger partial charge in [-0.2, -0.15) is 0 Å². The van der Waals surface area contributed by atoms with Crippen LogP contribution in [0.4, 0.5) is 0 Å². The van der Waals surface area contributed by atoms with E-state index >= 15 is 0 Å². The van der Waals surface area contributed by atoms with E-state index in [9.17, 15) is 15.0 Å². The first-order valence-corrected chi connectivity index (χ1v) is 9.80. The minimum Gasteiger partial charge on any atom is -0.469 e. The molecule has 3 aliphatic carbocycles. The van der Waals surface area contributed by atoms with Gasteiger partial charge in [0.2, 0.25) is 0 Å². The summed E-state index contributed by atoms with van der Waals surface area (Å²) in [6, 6.07) is 0. The van der Waals surface area contributed by atoms with E-state index in [1.807, 2.05) is 13.0 Å². The van der Waals surface area contributed by atoms with Crippen molar-refractivity contribution in [1.29, 1.82) is 0 Å². The molecule has 2 fully saturated rings. The Morgan fingerprint density at radius 1 is 1.24 bits per heavy atom. The van der Waals surface area contributed by atoms with Crippen molar-refractivity contribution in [2.75, 3.05) is 7.11 Å². The van der Waals surface area contributed by atoms with Crippen LogP contribution in [0.1, 0.15) is 66.2 Å². The minimum absolute atomic E-state index is 0.0134. The highest BCUT2D eigenvalue weighted by molar-refractivity contribution is 5.77. The maximum atomic E-state index is 12.6. The van der Waals surface area contributed by atoms with Crippen LogP contribution < -0.4 is 0 Å². The Morgan fingerprint density at radius 2 is 1.92 bits per heavy atom. The molecule has 25 heavy (non-hydrogen) atoms. The molecule has 3 aliphatic rings. The molecule has 0 aliphatic heterocycles. The van der Waals surface area contributed by atoms with Crippen molar-refractivity contribution in [1.82, 2.24) is 0 Å². The summed E-state index contributed by atoms with van der Waals surface area (Å²) in [5.41, 5.74) is -0.546. The third-order valence-corrected chi connectivity index (χ3v) is 7.79. The van der Waals surface area contributed by atoms with Crippen LogP contribution in [0.3, 0.4) is 0 Å². The van der Waals surface area contributed by atoms with Gasteiger partial charge in [0.1, 0.15) is 0 Å². The second-order valence-electron chi connectivity index (χ2n) is 9.45. The Morgan fingerprint density at radius 3 is 2.52 bits per heavy atom. The molecule has 0 aromatic rings. The number of aliphatic hydroxyl groups is 2. The van der Waals surface area contributed by atoms with Crippen molar-refractivity contribution < 1.29 is 19.7 Å². The van der Waals surface area contributed by atoms with Crippen LogP contribution >= 0.6 is 0 Å². The summed E-state index contributed by atoms with van der Waals surface area (Å²) in [4.78, 5) is 12.6. The molecule has 0 unspecified atom stereocenters. The molecule has 4 heteroatoms. The zero-order valence-corrected chi connectivity index (χ0v) is 16.3. The number of aliphatic hydroxyl groups excluding tert-OH is 1. The summed E-state index contributed by atoms with van der Waals surface area (Å²) in [5.74, 6) is 0.286. The summed E-state index contributed by atoms with van der Waals surface area (Å²) in [7, 11) is 1.47. The summed E-state index contributed by atoms with van der Waals surface area (Å²) >= 11 is 0. The van der Waals surface area contributed by atoms with Gasteiger partial charge in [-0.3, -0.25) is 4.79 Å². The normalized spacial score (nSPS) is 46.9. The van der Waals surface area contributed by atoms with Gasteiger partial charge in [-0.1, -0.05) is 33.3 Å². The molecule has 0 aromatic carbocycles. The van der Waals surface area contributed by atoms with E-state index in [1.165, 1.54) is 7.11 Å². The van der Waals surface area contributed by atoms with Crippen molar-refractivity contribution in [3.63, 3.8) is 0 Å². The van der Waals surface area contributed by atoms with E-state index in [0.717, 1.165) is 31.3 Å². The maximum Gasteiger partial charge on any atom is 0.311 e. The number of esters is 1. The lowest BCUT2D eigenvalue weighted by molar-refractivity contribution is -0.192. The molecule has 0 spiro atoms. The van der Waals surface area contributed by atoms with Gasteiger partial charge < -0.3 is 14.9 Å².